The largest absolute Gasteiger partial charge is 0.465 e. The number of carbonyl (C=O) groups is 3. The highest BCUT2D eigenvalue weighted by Crippen LogP contribution is 2.22. The molecule has 34 heavy (non-hydrogen) atoms. The lowest BCUT2D eigenvalue weighted by molar-refractivity contribution is 0.0598. The molecule has 0 heterocycles. The van der Waals surface area contributed by atoms with E-state index < -0.39 is 27.9 Å². The molecule has 0 fully saturated rings. The van der Waals surface area contributed by atoms with Gasteiger partial charge in [-0.3, -0.25) is 9.52 Å². The fourth-order valence-corrected chi connectivity index (χ4v) is 4.25. The van der Waals surface area contributed by atoms with E-state index in [1.165, 1.54) is 62.8 Å². The van der Waals surface area contributed by atoms with Gasteiger partial charge in [0.25, 0.3) is 15.9 Å². The molecule has 3 aromatic carbocycles. The molecule has 0 aliphatic rings. The zero-order valence-corrected chi connectivity index (χ0v) is 19.4. The summed E-state index contributed by atoms with van der Waals surface area (Å²) < 4.78 is 37.0. The van der Waals surface area contributed by atoms with Crippen LogP contribution in [-0.4, -0.2) is 40.5 Å². The lowest BCUT2D eigenvalue weighted by Crippen LogP contribution is -2.16. The maximum atomic E-state index is 12.8. The summed E-state index contributed by atoms with van der Waals surface area (Å²) in [5, 5.41) is 2.62. The Morgan fingerprint density at radius 3 is 1.88 bits per heavy atom. The topological polar surface area (TPSA) is 128 Å². The summed E-state index contributed by atoms with van der Waals surface area (Å²) in [6.45, 7) is 1.66. The van der Waals surface area contributed by atoms with E-state index in [0.29, 0.717) is 11.3 Å². The number of amides is 1. The number of carbonyl (C=O) groups excluding carboxylic acids is 3. The number of rotatable bonds is 7. The Hall–Kier alpha value is -4.18. The number of sulfonamides is 1. The van der Waals surface area contributed by atoms with Gasteiger partial charge in [-0.2, -0.15) is 0 Å². The van der Waals surface area contributed by atoms with Gasteiger partial charge in [-0.1, -0.05) is 18.2 Å². The monoisotopic (exact) mass is 482 g/mol. The number of benzene rings is 3. The van der Waals surface area contributed by atoms with E-state index in [0.717, 1.165) is 0 Å². The molecule has 176 valence electrons. The number of hydrogen-bond donors (Lipinski definition) is 2. The second-order valence-corrected chi connectivity index (χ2v) is 8.87. The van der Waals surface area contributed by atoms with Gasteiger partial charge in [0.05, 0.1) is 35.9 Å². The Balaban J connectivity index is 1.84. The predicted molar refractivity (Wildman–Crippen MR) is 126 cm³/mol. The van der Waals surface area contributed by atoms with Gasteiger partial charge in [-0.15, -0.1) is 0 Å². The summed E-state index contributed by atoms with van der Waals surface area (Å²) >= 11 is 0. The van der Waals surface area contributed by atoms with Gasteiger partial charge in [0, 0.05) is 11.3 Å². The van der Waals surface area contributed by atoms with Crippen molar-refractivity contribution in [3.63, 3.8) is 0 Å². The summed E-state index contributed by atoms with van der Waals surface area (Å²) in [6, 6.07) is 16.4. The minimum absolute atomic E-state index is 0.0579. The maximum absolute atomic E-state index is 12.8. The Kier molecular flexibility index (Phi) is 7.32. The van der Waals surface area contributed by atoms with Crippen LogP contribution in [0.15, 0.2) is 71.6 Å². The molecule has 0 bridgehead atoms. The van der Waals surface area contributed by atoms with Gasteiger partial charge in [-0.25, -0.2) is 18.0 Å². The lowest BCUT2D eigenvalue weighted by Gasteiger charge is -2.13. The number of anilines is 2. The first kappa shape index (κ1) is 24.5. The maximum Gasteiger partial charge on any atom is 0.337 e. The zero-order chi connectivity index (χ0) is 24.9. The standard InChI is InChI=1S/C24H22N2O7S/c1-15-11-16(9-10-21(15)26-34(30,31)20-7-5-4-6-8-20)22(27)25-19-13-17(23(28)32-2)12-18(14-19)24(29)33-3/h4-14,26H,1-3H3,(H,25,27). The van der Waals surface area contributed by atoms with Gasteiger partial charge in [-0.05, 0) is 61.0 Å². The van der Waals surface area contributed by atoms with E-state index >= 15 is 0 Å². The quantitative estimate of drug-likeness (QED) is 0.492. The first-order valence-corrected chi connectivity index (χ1v) is 11.4. The highest BCUT2D eigenvalue weighted by Gasteiger charge is 2.18. The van der Waals surface area contributed by atoms with Crippen molar-refractivity contribution in [2.45, 2.75) is 11.8 Å². The molecule has 0 radical (unpaired) electrons. The van der Waals surface area contributed by atoms with Crippen molar-refractivity contribution in [3.8, 4) is 0 Å². The summed E-state index contributed by atoms with van der Waals surface area (Å²) in [5.41, 5.74) is 1.37. The van der Waals surface area contributed by atoms with Gasteiger partial charge in [0.15, 0.2) is 0 Å². The Morgan fingerprint density at radius 1 is 0.765 bits per heavy atom. The van der Waals surface area contributed by atoms with Crippen LogP contribution >= 0.6 is 0 Å². The van der Waals surface area contributed by atoms with Crippen LogP contribution in [0.5, 0.6) is 0 Å². The van der Waals surface area contributed by atoms with Crippen LogP contribution in [0.1, 0.15) is 36.6 Å². The number of aryl methyl sites for hydroxylation is 1. The summed E-state index contributed by atoms with van der Waals surface area (Å²) in [5.74, 6) is -1.90. The molecule has 1 amide bonds. The molecule has 0 aliphatic carbocycles. The molecule has 3 rings (SSSR count). The molecule has 0 saturated heterocycles. The van der Waals surface area contributed by atoms with Crippen molar-refractivity contribution < 1.29 is 32.3 Å². The third-order valence-electron chi connectivity index (χ3n) is 4.82. The molecule has 0 atom stereocenters. The Labute approximate surface area is 196 Å². The molecule has 9 nitrogen and oxygen atoms in total. The van der Waals surface area contributed by atoms with E-state index in [1.807, 2.05) is 0 Å². The van der Waals surface area contributed by atoms with Crippen molar-refractivity contribution in [3.05, 3.63) is 89.0 Å². The van der Waals surface area contributed by atoms with Crippen molar-refractivity contribution >= 4 is 39.2 Å². The number of esters is 2. The summed E-state index contributed by atoms with van der Waals surface area (Å²) in [4.78, 5) is 36.8. The van der Waals surface area contributed by atoms with Gasteiger partial charge in [0.1, 0.15) is 0 Å². The second kappa shape index (κ2) is 10.2. The second-order valence-electron chi connectivity index (χ2n) is 7.18. The molecule has 10 heteroatoms. The molecule has 3 aromatic rings. The highest BCUT2D eigenvalue weighted by atomic mass is 32.2. The Bertz CT molecular complexity index is 1320. The minimum Gasteiger partial charge on any atom is -0.465 e. The normalized spacial score (nSPS) is 10.8. The first-order chi connectivity index (χ1) is 16.1. The first-order valence-electron chi connectivity index (χ1n) is 9.96. The fourth-order valence-electron chi connectivity index (χ4n) is 3.10. The number of nitrogens with one attached hydrogen (secondary N) is 2. The van der Waals surface area contributed by atoms with Gasteiger partial charge in [0.2, 0.25) is 0 Å². The highest BCUT2D eigenvalue weighted by molar-refractivity contribution is 7.92. The van der Waals surface area contributed by atoms with Crippen LogP contribution in [0.2, 0.25) is 0 Å². The summed E-state index contributed by atoms with van der Waals surface area (Å²) in [6.07, 6.45) is 0. The van der Waals surface area contributed by atoms with Gasteiger partial charge < -0.3 is 14.8 Å². The molecular formula is C24H22N2O7S. The minimum atomic E-state index is -3.79. The molecular weight excluding hydrogens is 460 g/mol. The SMILES string of the molecule is COC(=O)c1cc(NC(=O)c2ccc(NS(=O)(=O)c3ccccc3)c(C)c2)cc(C(=O)OC)c1. The van der Waals surface area contributed by atoms with Crippen molar-refractivity contribution in [1.82, 2.24) is 0 Å². The van der Waals surface area contributed by atoms with Crippen molar-refractivity contribution in [1.29, 1.82) is 0 Å². The zero-order valence-electron chi connectivity index (χ0n) is 18.6. The molecule has 0 saturated carbocycles. The number of ether oxygens (including phenoxy) is 2. The summed E-state index contributed by atoms with van der Waals surface area (Å²) in [7, 11) is -1.39. The van der Waals surface area contributed by atoms with Crippen LogP contribution in [-0.2, 0) is 19.5 Å². The van der Waals surface area contributed by atoms with E-state index in [-0.39, 0.29) is 27.3 Å². The average Bonchev–Trinajstić information content (AvgIpc) is 2.84. The van der Waals surface area contributed by atoms with Crippen molar-refractivity contribution in [2.24, 2.45) is 0 Å². The fraction of sp³-hybridized carbons (Fsp3) is 0.125. The number of hydrogen-bond acceptors (Lipinski definition) is 7. The average molecular weight is 483 g/mol. The molecule has 0 aromatic heterocycles. The van der Waals surface area contributed by atoms with Crippen molar-refractivity contribution in [2.75, 3.05) is 24.3 Å². The predicted octanol–water partition coefficient (Wildman–Crippen LogP) is 3.62. The van der Waals surface area contributed by atoms with Crippen LogP contribution < -0.4 is 10.0 Å². The van der Waals surface area contributed by atoms with Crippen LogP contribution in [0.25, 0.3) is 0 Å². The van der Waals surface area contributed by atoms with E-state index in [1.54, 1.807) is 25.1 Å². The molecule has 0 aliphatic heterocycles. The lowest BCUT2D eigenvalue weighted by atomic mass is 10.1. The number of methoxy groups -OCH3 is 2. The molecule has 0 spiro atoms. The van der Waals surface area contributed by atoms with E-state index in [4.69, 9.17) is 9.47 Å². The van der Waals surface area contributed by atoms with Crippen LogP contribution in [0.3, 0.4) is 0 Å². The molecule has 2 N–H and O–H groups in total. The third kappa shape index (κ3) is 5.59. The Morgan fingerprint density at radius 2 is 1.35 bits per heavy atom. The smallest absolute Gasteiger partial charge is 0.337 e. The van der Waals surface area contributed by atoms with E-state index in [2.05, 4.69) is 10.0 Å². The third-order valence-corrected chi connectivity index (χ3v) is 6.20. The van der Waals surface area contributed by atoms with Crippen LogP contribution in [0.4, 0.5) is 11.4 Å². The van der Waals surface area contributed by atoms with E-state index in [9.17, 15) is 22.8 Å². The molecule has 0 unspecified atom stereocenters. The van der Waals surface area contributed by atoms with Crippen LogP contribution in [0, 0.1) is 6.92 Å². The van der Waals surface area contributed by atoms with Gasteiger partial charge >= 0.3 is 11.9 Å².